The van der Waals surface area contributed by atoms with Crippen molar-refractivity contribution in [1.29, 1.82) is 0 Å². The maximum atomic E-state index is 6.23. The van der Waals surface area contributed by atoms with E-state index in [-0.39, 0.29) is 12.4 Å². The van der Waals surface area contributed by atoms with Gasteiger partial charge in [-0.1, -0.05) is 68.9 Å². The van der Waals surface area contributed by atoms with E-state index in [0.29, 0.717) is 23.2 Å². The Labute approximate surface area is 201 Å². The van der Waals surface area contributed by atoms with Gasteiger partial charge in [0.15, 0.2) is 0 Å². The van der Waals surface area contributed by atoms with Crippen molar-refractivity contribution in [2.24, 2.45) is 0 Å². The average Bonchev–Trinajstić information content (AvgIpc) is 2.67. The number of halogens is 5. The van der Waals surface area contributed by atoms with Gasteiger partial charge in [0.25, 0.3) is 0 Å². The third kappa shape index (κ3) is 7.67. The minimum absolute atomic E-state index is 0. The Balaban J connectivity index is 0.00000300. The van der Waals surface area contributed by atoms with Crippen LogP contribution in [0.1, 0.15) is 16.7 Å². The first-order chi connectivity index (χ1) is 13.5. The molecule has 7 heteroatoms. The standard InChI is InChI=1S/C22H19BrCl3NO.ClH/c23-18-4-8-22(28-14-15-1-5-19(24)6-2-15)17(11-18)13-27-10-9-16-3-7-20(25)12-21(16)26;/h1-8,11-12,27H,9-10,13-14H2;1H. The lowest BCUT2D eigenvalue weighted by molar-refractivity contribution is 0.302. The molecule has 0 aliphatic carbocycles. The van der Waals surface area contributed by atoms with E-state index in [1.807, 2.05) is 48.5 Å². The molecule has 0 radical (unpaired) electrons. The van der Waals surface area contributed by atoms with Gasteiger partial charge < -0.3 is 10.1 Å². The van der Waals surface area contributed by atoms with Crippen LogP contribution in [0.5, 0.6) is 5.75 Å². The van der Waals surface area contributed by atoms with Gasteiger partial charge in [-0.3, -0.25) is 0 Å². The predicted octanol–water partition coefficient (Wildman–Crippen LogP) is 7.74. The normalized spacial score (nSPS) is 10.5. The van der Waals surface area contributed by atoms with Gasteiger partial charge >= 0.3 is 0 Å². The Morgan fingerprint density at radius 3 is 2.28 bits per heavy atom. The SMILES string of the molecule is Cl.Clc1ccc(COc2ccc(Br)cc2CNCCc2ccc(Cl)cc2Cl)cc1. The van der Waals surface area contributed by atoms with Crippen LogP contribution in [0.4, 0.5) is 0 Å². The van der Waals surface area contributed by atoms with Crippen molar-refractivity contribution in [3.8, 4) is 5.75 Å². The van der Waals surface area contributed by atoms with Crippen LogP contribution in [0.3, 0.4) is 0 Å². The van der Waals surface area contributed by atoms with Crippen molar-refractivity contribution < 1.29 is 4.74 Å². The highest BCUT2D eigenvalue weighted by Crippen LogP contribution is 2.25. The second-order valence-electron chi connectivity index (χ2n) is 6.33. The van der Waals surface area contributed by atoms with Crippen LogP contribution in [0, 0.1) is 0 Å². The van der Waals surface area contributed by atoms with E-state index in [1.165, 1.54) is 0 Å². The second-order valence-corrected chi connectivity index (χ2v) is 8.53. The van der Waals surface area contributed by atoms with Gasteiger partial charge in [0.2, 0.25) is 0 Å². The van der Waals surface area contributed by atoms with E-state index in [0.717, 1.165) is 44.9 Å². The van der Waals surface area contributed by atoms with E-state index < -0.39 is 0 Å². The first kappa shape index (κ1) is 24.3. The Morgan fingerprint density at radius 2 is 1.55 bits per heavy atom. The van der Waals surface area contributed by atoms with Crippen LogP contribution in [-0.4, -0.2) is 6.54 Å². The molecule has 2 nitrogen and oxygen atoms in total. The summed E-state index contributed by atoms with van der Waals surface area (Å²) in [6.45, 7) is 1.98. The largest absolute Gasteiger partial charge is 0.489 e. The maximum Gasteiger partial charge on any atom is 0.124 e. The highest BCUT2D eigenvalue weighted by Gasteiger charge is 2.06. The molecular weight excluding hydrogens is 516 g/mol. The summed E-state index contributed by atoms with van der Waals surface area (Å²) in [6.07, 6.45) is 0.824. The Morgan fingerprint density at radius 1 is 0.828 bits per heavy atom. The molecule has 0 amide bonds. The molecular formula is C22H20BrCl4NO. The lowest BCUT2D eigenvalue weighted by atomic mass is 10.1. The van der Waals surface area contributed by atoms with Gasteiger partial charge in [0.05, 0.1) is 0 Å². The number of hydrogen-bond acceptors (Lipinski definition) is 2. The molecule has 154 valence electrons. The number of rotatable bonds is 8. The fourth-order valence-corrected chi connectivity index (χ4v) is 3.78. The van der Waals surface area contributed by atoms with Gasteiger partial charge in [0, 0.05) is 31.6 Å². The maximum absolute atomic E-state index is 6.23. The molecule has 0 fully saturated rings. The third-order valence-corrected chi connectivity index (χ3v) is 5.56. The molecule has 0 saturated heterocycles. The Hall–Kier alpha value is -0.940. The van der Waals surface area contributed by atoms with Crippen molar-refractivity contribution in [2.45, 2.75) is 19.6 Å². The van der Waals surface area contributed by atoms with E-state index in [2.05, 4.69) is 27.3 Å². The Kier molecular flexibility index (Phi) is 10.1. The van der Waals surface area contributed by atoms with Crippen molar-refractivity contribution in [3.63, 3.8) is 0 Å². The lowest BCUT2D eigenvalue weighted by Crippen LogP contribution is -2.17. The average molecular weight is 536 g/mol. The molecule has 0 saturated carbocycles. The summed E-state index contributed by atoms with van der Waals surface area (Å²) in [7, 11) is 0. The minimum Gasteiger partial charge on any atom is -0.489 e. The molecule has 3 rings (SSSR count). The molecule has 0 heterocycles. The summed E-state index contributed by atoms with van der Waals surface area (Å²) in [6, 6.07) is 19.3. The third-order valence-electron chi connectivity index (χ3n) is 4.23. The number of hydrogen-bond donors (Lipinski definition) is 1. The number of nitrogens with one attached hydrogen (secondary N) is 1. The highest BCUT2D eigenvalue weighted by molar-refractivity contribution is 9.10. The zero-order valence-electron chi connectivity index (χ0n) is 15.4. The van der Waals surface area contributed by atoms with Crippen LogP contribution in [0.15, 0.2) is 65.1 Å². The first-order valence-electron chi connectivity index (χ1n) is 8.81. The summed E-state index contributed by atoms with van der Waals surface area (Å²) in [5.74, 6) is 0.857. The molecule has 29 heavy (non-hydrogen) atoms. The van der Waals surface area contributed by atoms with Crippen LogP contribution < -0.4 is 10.1 Å². The molecule has 0 aliphatic rings. The Bertz CT molecular complexity index is 935. The zero-order valence-corrected chi connectivity index (χ0v) is 20.1. The highest BCUT2D eigenvalue weighted by atomic mass is 79.9. The molecule has 0 atom stereocenters. The molecule has 0 aromatic heterocycles. The first-order valence-corrected chi connectivity index (χ1v) is 10.7. The minimum atomic E-state index is 0. The summed E-state index contributed by atoms with van der Waals surface area (Å²) in [4.78, 5) is 0. The predicted molar refractivity (Wildman–Crippen MR) is 129 cm³/mol. The van der Waals surface area contributed by atoms with E-state index >= 15 is 0 Å². The van der Waals surface area contributed by atoms with E-state index in [9.17, 15) is 0 Å². The number of benzene rings is 3. The van der Waals surface area contributed by atoms with Crippen LogP contribution in [0.25, 0.3) is 0 Å². The van der Waals surface area contributed by atoms with Crippen molar-refractivity contribution in [1.82, 2.24) is 5.32 Å². The molecule has 3 aromatic rings. The quantitative estimate of drug-likeness (QED) is 0.298. The molecule has 0 unspecified atom stereocenters. The summed E-state index contributed by atoms with van der Waals surface area (Å²) in [5, 5.41) is 5.52. The number of ether oxygens (including phenoxy) is 1. The monoisotopic (exact) mass is 533 g/mol. The van der Waals surface area contributed by atoms with Crippen molar-refractivity contribution >= 4 is 63.1 Å². The van der Waals surface area contributed by atoms with Gasteiger partial charge in [-0.25, -0.2) is 0 Å². The summed E-state index contributed by atoms with van der Waals surface area (Å²) >= 11 is 21.7. The topological polar surface area (TPSA) is 21.3 Å². The van der Waals surface area contributed by atoms with E-state index in [4.69, 9.17) is 39.5 Å². The van der Waals surface area contributed by atoms with Crippen LogP contribution in [-0.2, 0) is 19.6 Å². The fourth-order valence-electron chi connectivity index (χ4n) is 2.74. The summed E-state index contributed by atoms with van der Waals surface area (Å²) in [5.41, 5.74) is 3.24. The van der Waals surface area contributed by atoms with Crippen LogP contribution in [0.2, 0.25) is 15.1 Å². The lowest BCUT2D eigenvalue weighted by Gasteiger charge is -2.13. The van der Waals surface area contributed by atoms with Gasteiger partial charge in [0.1, 0.15) is 12.4 Å². The molecule has 0 bridgehead atoms. The zero-order chi connectivity index (χ0) is 19.9. The molecule has 1 N–H and O–H groups in total. The van der Waals surface area contributed by atoms with Crippen molar-refractivity contribution in [2.75, 3.05) is 6.54 Å². The molecule has 0 spiro atoms. The summed E-state index contributed by atoms with van der Waals surface area (Å²) < 4.78 is 7.04. The van der Waals surface area contributed by atoms with Gasteiger partial charge in [-0.05, 0) is 66.6 Å². The molecule has 3 aromatic carbocycles. The van der Waals surface area contributed by atoms with Crippen LogP contribution >= 0.6 is 63.1 Å². The van der Waals surface area contributed by atoms with Gasteiger partial charge in [-0.2, -0.15) is 0 Å². The fraction of sp³-hybridized carbons (Fsp3) is 0.182. The molecule has 0 aliphatic heterocycles. The second kappa shape index (κ2) is 12.0. The van der Waals surface area contributed by atoms with Gasteiger partial charge in [-0.15, -0.1) is 12.4 Å². The van der Waals surface area contributed by atoms with Crippen molar-refractivity contribution in [3.05, 3.63) is 96.9 Å². The van der Waals surface area contributed by atoms with E-state index in [1.54, 1.807) is 6.07 Å². The smallest absolute Gasteiger partial charge is 0.124 e.